The quantitative estimate of drug-likeness (QED) is 0.657. The summed E-state index contributed by atoms with van der Waals surface area (Å²) in [6.45, 7) is 2.02. The van der Waals surface area contributed by atoms with Crippen molar-refractivity contribution in [2.45, 2.75) is 50.6 Å². The maximum absolute atomic E-state index is 13.9. The van der Waals surface area contributed by atoms with Crippen LogP contribution in [-0.4, -0.2) is 54.0 Å². The van der Waals surface area contributed by atoms with Gasteiger partial charge in [-0.2, -0.15) is 0 Å². The van der Waals surface area contributed by atoms with Crippen molar-refractivity contribution in [1.29, 1.82) is 0 Å². The Morgan fingerprint density at radius 3 is 2.85 bits per heavy atom. The van der Waals surface area contributed by atoms with Crippen molar-refractivity contribution in [1.82, 2.24) is 20.9 Å². The molecule has 4 rings (SSSR count). The number of hydrogen-bond acceptors (Lipinski definition) is 5. The number of imide groups is 1. The average molecular weight is 374 g/mol. The van der Waals surface area contributed by atoms with Gasteiger partial charge in [-0.05, 0) is 36.6 Å². The van der Waals surface area contributed by atoms with Gasteiger partial charge in [0, 0.05) is 37.7 Å². The van der Waals surface area contributed by atoms with Crippen LogP contribution >= 0.6 is 0 Å². The van der Waals surface area contributed by atoms with Crippen LogP contribution < -0.4 is 16.0 Å². The highest BCUT2D eigenvalue weighted by atomic mass is 19.1. The monoisotopic (exact) mass is 374 g/mol. The molecular formula is C19H23FN4O3. The highest BCUT2D eigenvalue weighted by Crippen LogP contribution is 2.28. The second-order valence-electron chi connectivity index (χ2n) is 7.39. The van der Waals surface area contributed by atoms with Crippen LogP contribution in [0.4, 0.5) is 4.39 Å². The minimum atomic E-state index is -0.919. The van der Waals surface area contributed by atoms with E-state index in [-0.39, 0.29) is 24.3 Å². The molecule has 0 radical (unpaired) electrons. The Morgan fingerprint density at radius 2 is 2.07 bits per heavy atom. The molecule has 7 nitrogen and oxygen atoms in total. The summed E-state index contributed by atoms with van der Waals surface area (Å²) in [7, 11) is 0. The summed E-state index contributed by atoms with van der Waals surface area (Å²) in [5, 5.41) is 8.57. The molecule has 3 aliphatic rings. The lowest BCUT2D eigenvalue weighted by Gasteiger charge is -2.29. The average Bonchev–Trinajstić information content (AvgIpc) is 2.97. The topological polar surface area (TPSA) is 90.5 Å². The predicted octanol–water partition coefficient (Wildman–Crippen LogP) is 0.237. The van der Waals surface area contributed by atoms with Crippen molar-refractivity contribution in [3.63, 3.8) is 0 Å². The standard InChI is InChI=1S/C19H23FN4O3/c20-14-9-21-6-5-15(14)22-8-11-1-2-12-10-24(19(27)13(12)7-11)16-3-4-17(25)23-18(16)26/h1-2,7,14-16,21-22H,3-6,8-10H2,(H,23,25,26)/t14-,15-,16?/m1/s1. The SMILES string of the molecule is O=C1CCC(N2Cc3ccc(CN[C@@H]4CCNC[C@H]4F)cc3C2=O)C(=O)N1. The van der Waals surface area contributed by atoms with Gasteiger partial charge in [-0.3, -0.25) is 19.7 Å². The second kappa shape index (κ2) is 7.36. The number of hydrogen-bond donors (Lipinski definition) is 3. The van der Waals surface area contributed by atoms with Gasteiger partial charge >= 0.3 is 0 Å². The van der Waals surface area contributed by atoms with E-state index >= 15 is 0 Å². The summed E-state index contributed by atoms with van der Waals surface area (Å²) in [6.07, 6.45) is 0.408. The third kappa shape index (κ3) is 3.59. The predicted molar refractivity (Wildman–Crippen MR) is 95.5 cm³/mol. The number of benzene rings is 1. The zero-order valence-corrected chi connectivity index (χ0v) is 15.0. The van der Waals surface area contributed by atoms with E-state index in [0.717, 1.165) is 24.1 Å². The summed E-state index contributed by atoms with van der Waals surface area (Å²) in [5.74, 6) is -0.890. The number of fused-ring (bicyclic) bond motifs is 1. The molecule has 3 aliphatic heterocycles. The Balaban J connectivity index is 1.43. The van der Waals surface area contributed by atoms with E-state index < -0.39 is 18.1 Å². The molecule has 0 spiro atoms. The molecule has 27 heavy (non-hydrogen) atoms. The first-order valence-electron chi connectivity index (χ1n) is 9.37. The third-order valence-electron chi connectivity index (χ3n) is 5.57. The van der Waals surface area contributed by atoms with Crippen molar-refractivity contribution >= 4 is 17.7 Å². The van der Waals surface area contributed by atoms with Crippen molar-refractivity contribution in [2.24, 2.45) is 0 Å². The molecule has 3 N–H and O–H groups in total. The molecule has 144 valence electrons. The van der Waals surface area contributed by atoms with E-state index in [0.29, 0.717) is 31.6 Å². The highest BCUT2D eigenvalue weighted by Gasteiger charge is 2.39. The fourth-order valence-corrected chi connectivity index (χ4v) is 4.01. The molecule has 3 amide bonds. The molecule has 0 aliphatic carbocycles. The number of rotatable bonds is 4. The summed E-state index contributed by atoms with van der Waals surface area (Å²) in [4.78, 5) is 37.8. The highest BCUT2D eigenvalue weighted by molar-refractivity contribution is 6.05. The Bertz CT molecular complexity index is 784. The molecule has 1 unspecified atom stereocenters. The van der Waals surface area contributed by atoms with Gasteiger partial charge in [0.05, 0.1) is 0 Å². The number of piperidine rings is 2. The molecule has 3 heterocycles. The van der Waals surface area contributed by atoms with Crippen LogP contribution in [0.1, 0.15) is 40.7 Å². The second-order valence-corrected chi connectivity index (χ2v) is 7.39. The molecule has 0 bridgehead atoms. The van der Waals surface area contributed by atoms with Gasteiger partial charge in [-0.25, -0.2) is 4.39 Å². The van der Waals surface area contributed by atoms with Gasteiger partial charge < -0.3 is 15.5 Å². The summed E-state index contributed by atoms with van der Waals surface area (Å²) < 4.78 is 13.9. The smallest absolute Gasteiger partial charge is 0.255 e. The number of nitrogens with zero attached hydrogens (tertiary/aromatic N) is 1. The molecular weight excluding hydrogens is 351 g/mol. The third-order valence-corrected chi connectivity index (χ3v) is 5.57. The fraction of sp³-hybridized carbons (Fsp3) is 0.526. The maximum Gasteiger partial charge on any atom is 0.255 e. The van der Waals surface area contributed by atoms with Gasteiger partial charge in [0.2, 0.25) is 11.8 Å². The maximum atomic E-state index is 13.9. The van der Waals surface area contributed by atoms with E-state index in [4.69, 9.17) is 0 Å². The van der Waals surface area contributed by atoms with Crippen molar-refractivity contribution in [3.05, 3.63) is 34.9 Å². The summed E-state index contributed by atoms with van der Waals surface area (Å²) in [5.41, 5.74) is 2.37. The molecule has 3 atom stereocenters. The zero-order valence-electron chi connectivity index (χ0n) is 15.0. The first kappa shape index (κ1) is 18.1. The van der Waals surface area contributed by atoms with Gasteiger partial charge in [-0.15, -0.1) is 0 Å². The fourth-order valence-electron chi connectivity index (χ4n) is 4.01. The van der Waals surface area contributed by atoms with Gasteiger partial charge in [0.15, 0.2) is 0 Å². The van der Waals surface area contributed by atoms with Crippen LogP contribution in [0.5, 0.6) is 0 Å². The number of amides is 3. The number of carbonyl (C=O) groups is 3. The largest absolute Gasteiger partial charge is 0.322 e. The van der Waals surface area contributed by atoms with Crippen LogP contribution in [0.25, 0.3) is 0 Å². The summed E-state index contributed by atoms with van der Waals surface area (Å²) in [6, 6.07) is 4.86. The van der Waals surface area contributed by atoms with E-state index in [1.54, 1.807) is 0 Å². The van der Waals surface area contributed by atoms with E-state index in [1.165, 1.54) is 4.90 Å². The number of alkyl halides is 1. The molecule has 8 heteroatoms. The van der Waals surface area contributed by atoms with Crippen LogP contribution in [-0.2, 0) is 22.7 Å². The molecule has 1 aromatic rings. The Morgan fingerprint density at radius 1 is 1.22 bits per heavy atom. The van der Waals surface area contributed by atoms with Crippen molar-refractivity contribution in [2.75, 3.05) is 13.1 Å². The molecule has 0 aromatic heterocycles. The van der Waals surface area contributed by atoms with Crippen LogP contribution in [0.3, 0.4) is 0 Å². The molecule has 2 saturated heterocycles. The molecule has 1 aromatic carbocycles. The van der Waals surface area contributed by atoms with Crippen molar-refractivity contribution < 1.29 is 18.8 Å². The van der Waals surface area contributed by atoms with E-state index in [1.807, 2.05) is 18.2 Å². The lowest BCUT2D eigenvalue weighted by Crippen LogP contribution is -2.52. The minimum Gasteiger partial charge on any atom is -0.322 e. The lowest BCUT2D eigenvalue weighted by atomic mass is 10.0. The van der Waals surface area contributed by atoms with Crippen LogP contribution in [0, 0.1) is 0 Å². The van der Waals surface area contributed by atoms with Crippen molar-refractivity contribution in [3.8, 4) is 0 Å². The molecule has 2 fully saturated rings. The number of nitrogens with one attached hydrogen (secondary N) is 3. The lowest BCUT2D eigenvalue weighted by molar-refractivity contribution is -0.136. The number of halogens is 1. The normalized spacial score (nSPS) is 28.3. The first-order chi connectivity index (χ1) is 13.0. The van der Waals surface area contributed by atoms with E-state index in [9.17, 15) is 18.8 Å². The van der Waals surface area contributed by atoms with Gasteiger partial charge in [0.25, 0.3) is 5.91 Å². The van der Waals surface area contributed by atoms with Crippen LogP contribution in [0.15, 0.2) is 18.2 Å². The Labute approximate surface area is 156 Å². The van der Waals surface area contributed by atoms with Crippen LogP contribution in [0.2, 0.25) is 0 Å². The minimum absolute atomic E-state index is 0.185. The Hall–Kier alpha value is -2.32. The molecule has 0 saturated carbocycles. The van der Waals surface area contributed by atoms with E-state index in [2.05, 4.69) is 16.0 Å². The summed E-state index contributed by atoms with van der Waals surface area (Å²) >= 11 is 0. The van der Waals surface area contributed by atoms with Gasteiger partial charge in [0.1, 0.15) is 12.2 Å². The number of carbonyl (C=O) groups excluding carboxylic acids is 3. The first-order valence-corrected chi connectivity index (χ1v) is 9.37. The Kier molecular flexibility index (Phi) is 4.92. The zero-order chi connectivity index (χ0) is 19.0. The van der Waals surface area contributed by atoms with Gasteiger partial charge in [-0.1, -0.05) is 12.1 Å².